The lowest BCUT2D eigenvalue weighted by Gasteiger charge is -2.24. The van der Waals surface area contributed by atoms with Crippen molar-refractivity contribution >= 4 is 35.6 Å². The molecule has 0 radical (unpaired) electrons. The number of aromatic nitrogens is 1. The molecule has 13 heteroatoms. The van der Waals surface area contributed by atoms with E-state index < -0.39 is 71.6 Å². The molecule has 0 unspecified atom stereocenters. The van der Waals surface area contributed by atoms with E-state index in [9.17, 15) is 39.0 Å². The third-order valence-electron chi connectivity index (χ3n) is 7.48. The summed E-state index contributed by atoms with van der Waals surface area (Å²) < 4.78 is 0. The minimum Gasteiger partial charge on any atom is -0.480 e. The summed E-state index contributed by atoms with van der Waals surface area (Å²) in [5.41, 5.74) is 1.03. The summed E-state index contributed by atoms with van der Waals surface area (Å²) in [7, 11) is 0. The van der Waals surface area contributed by atoms with Crippen LogP contribution in [-0.2, 0) is 32.0 Å². The van der Waals surface area contributed by atoms with Gasteiger partial charge in [0, 0.05) is 12.8 Å². The number of carbonyl (C=O) groups is 6. The first-order valence-electron chi connectivity index (χ1n) is 15.5. The summed E-state index contributed by atoms with van der Waals surface area (Å²) >= 11 is 0. The molecule has 6 N–H and O–H groups in total. The number of hydrogen-bond donors (Lipinski definition) is 6. The highest BCUT2D eigenvalue weighted by atomic mass is 16.4. The van der Waals surface area contributed by atoms with E-state index in [0.29, 0.717) is 11.1 Å². The zero-order valence-electron chi connectivity index (χ0n) is 27.2. The summed E-state index contributed by atoms with van der Waals surface area (Å²) in [5, 5.41) is 29.6. The van der Waals surface area contributed by atoms with Crippen LogP contribution in [0.15, 0.2) is 78.9 Å². The van der Waals surface area contributed by atoms with Gasteiger partial charge in [0.15, 0.2) is 0 Å². The van der Waals surface area contributed by atoms with Gasteiger partial charge in [-0.15, -0.1) is 0 Å². The molecule has 0 saturated heterocycles. The lowest BCUT2D eigenvalue weighted by Crippen LogP contribution is -2.54. The zero-order chi connectivity index (χ0) is 35.4. The van der Waals surface area contributed by atoms with Crippen molar-refractivity contribution in [1.29, 1.82) is 0 Å². The van der Waals surface area contributed by atoms with Crippen molar-refractivity contribution in [2.45, 2.75) is 64.7 Å². The minimum absolute atomic E-state index is 0.0404. The van der Waals surface area contributed by atoms with Crippen molar-refractivity contribution in [3.8, 4) is 0 Å². The fourth-order valence-corrected chi connectivity index (χ4v) is 4.81. The molecular formula is C35H41N5O8. The Bertz CT molecular complexity index is 1480. The van der Waals surface area contributed by atoms with Gasteiger partial charge in [0.1, 0.15) is 35.6 Å². The van der Waals surface area contributed by atoms with Gasteiger partial charge < -0.3 is 31.5 Å². The molecule has 0 spiro atoms. The van der Waals surface area contributed by atoms with Gasteiger partial charge in [-0.1, -0.05) is 94.4 Å². The van der Waals surface area contributed by atoms with E-state index in [0.717, 1.165) is 0 Å². The monoisotopic (exact) mass is 659 g/mol. The molecule has 13 nitrogen and oxygen atoms in total. The van der Waals surface area contributed by atoms with Gasteiger partial charge in [-0.3, -0.25) is 19.2 Å². The smallest absolute Gasteiger partial charge is 0.326 e. The second-order valence-corrected chi connectivity index (χ2v) is 12.0. The number of benzene rings is 2. The first kappa shape index (κ1) is 36.9. The summed E-state index contributed by atoms with van der Waals surface area (Å²) in [4.78, 5) is 80.6. The van der Waals surface area contributed by atoms with Crippen molar-refractivity contribution in [3.63, 3.8) is 0 Å². The minimum atomic E-state index is -1.24. The second kappa shape index (κ2) is 17.4. The second-order valence-electron chi connectivity index (χ2n) is 12.0. The predicted octanol–water partition coefficient (Wildman–Crippen LogP) is 2.21. The van der Waals surface area contributed by atoms with Crippen molar-refractivity contribution in [2.24, 2.45) is 11.8 Å². The highest BCUT2D eigenvalue weighted by molar-refractivity contribution is 6.00. The first-order chi connectivity index (χ1) is 22.8. The molecule has 1 aromatic heterocycles. The molecule has 3 aromatic rings. The Morgan fingerprint density at radius 1 is 0.542 bits per heavy atom. The molecule has 0 aliphatic carbocycles. The molecule has 1 heterocycles. The number of amides is 4. The lowest BCUT2D eigenvalue weighted by atomic mass is 10.0. The van der Waals surface area contributed by atoms with Crippen LogP contribution in [0.2, 0.25) is 0 Å². The van der Waals surface area contributed by atoms with E-state index in [1.165, 1.54) is 18.2 Å². The molecule has 0 bridgehead atoms. The average molecular weight is 660 g/mol. The molecule has 48 heavy (non-hydrogen) atoms. The van der Waals surface area contributed by atoms with Crippen LogP contribution < -0.4 is 21.3 Å². The van der Waals surface area contributed by atoms with E-state index in [1.807, 2.05) is 0 Å². The number of nitrogens with one attached hydrogen (secondary N) is 4. The number of pyridine rings is 1. The standard InChI is InChI=1S/C35H41N5O8/c1-20(2)28(32(43)37-26(34(45)46)18-22-12-7-5-8-13-22)39-30(41)24-16-11-17-25(36-24)31(42)40-29(21(3)4)33(44)38-27(35(47)48)19-23-14-9-6-10-15-23/h5-17,20-21,26-29H,18-19H2,1-4H3,(H,37,43)(H,38,44)(H,39,41)(H,40,42)(H,45,46)(H,47,48)/t26-,27-,28-,29-/m0/s1. The summed E-state index contributed by atoms with van der Waals surface area (Å²) in [6.07, 6.45) is 0.0809. The largest absolute Gasteiger partial charge is 0.480 e. The van der Waals surface area contributed by atoms with Gasteiger partial charge in [-0.05, 0) is 35.1 Å². The Kier molecular flexibility index (Phi) is 13.3. The van der Waals surface area contributed by atoms with Crippen molar-refractivity contribution in [3.05, 3.63) is 101 Å². The molecular weight excluding hydrogens is 618 g/mol. The molecule has 0 aliphatic heterocycles. The van der Waals surface area contributed by atoms with Crippen LogP contribution in [0.4, 0.5) is 0 Å². The van der Waals surface area contributed by atoms with E-state index >= 15 is 0 Å². The van der Waals surface area contributed by atoms with Crippen LogP contribution in [0.1, 0.15) is 59.8 Å². The maximum atomic E-state index is 13.2. The molecule has 254 valence electrons. The number of hydrogen-bond acceptors (Lipinski definition) is 7. The Labute approximate surface area is 278 Å². The van der Waals surface area contributed by atoms with E-state index in [4.69, 9.17) is 0 Å². The quantitative estimate of drug-likeness (QED) is 0.133. The van der Waals surface area contributed by atoms with E-state index in [1.54, 1.807) is 88.4 Å². The van der Waals surface area contributed by atoms with Crippen LogP contribution in [0.3, 0.4) is 0 Å². The lowest BCUT2D eigenvalue weighted by molar-refractivity contribution is -0.142. The maximum Gasteiger partial charge on any atom is 0.326 e. The van der Waals surface area contributed by atoms with Crippen molar-refractivity contribution < 1.29 is 39.0 Å². The summed E-state index contributed by atoms with van der Waals surface area (Å²) in [5.74, 6) is -6.30. The topological polar surface area (TPSA) is 204 Å². The molecule has 0 fully saturated rings. The number of aliphatic carboxylic acids is 2. The molecule has 3 rings (SSSR count). The third kappa shape index (κ3) is 10.7. The Morgan fingerprint density at radius 2 is 0.896 bits per heavy atom. The fraction of sp³-hybridized carbons (Fsp3) is 0.343. The zero-order valence-corrected chi connectivity index (χ0v) is 27.2. The summed E-state index contributed by atoms with van der Waals surface area (Å²) in [6.45, 7) is 6.72. The molecule has 4 atom stereocenters. The molecule has 2 aromatic carbocycles. The number of carbonyl (C=O) groups excluding carboxylic acids is 4. The highest BCUT2D eigenvalue weighted by Gasteiger charge is 2.31. The van der Waals surface area contributed by atoms with Gasteiger partial charge in [0.2, 0.25) is 11.8 Å². The van der Waals surface area contributed by atoms with Crippen LogP contribution in [0.25, 0.3) is 0 Å². The van der Waals surface area contributed by atoms with Gasteiger partial charge >= 0.3 is 11.9 Å². The molecule has 0 aliphatic rings. The van der Waals surface area contributed by atoms with E-state index in [-0.39, 0.29) is 24.2 Å². The van der Waals surface area contributed by atoms with Crippen molar-refractivity contribution in [2.75, 3.05) is 0 Å². The normalized spacial score (nSPS) is 13.5. The summed E-state index contributed by atoms with van der Waals surface area (Å²) in [6, 6.07) is 16.9. The Morgan fingerprint density at radius 3 is 1.21 bits per heavy atom. The van der Waals surface area contributed by atoms with Crippen LogP contribution in [0.5, 0.6) is 0 Å². The third-order valence-corrected chi connectivity index (χ3v) is 7.48. The van der Waals surface area contributed by atoms with Gasteiger partial charge in [0.05, 0.1) is 0 Å². The first-order valence-corrected chi connectivity index (χ1v) is 15.5. The van der Waals surface area contributed by atoms with Crippen molar-refractivity contribution in [1.82, 2.24) is 26.3 Å². The Balaban J connectivity index is 1.69. The number of carboxylic acids is 2. The van der Waals surface area contributed by atoms with Gasteiger partial charge in [-0.25, -0.2) is 14.6 Å². The van der Waals surface area contributed by atoms with Gasteiger partial charge in [-0.2, -0.15) is 0 Å². The molecule has 4 amide bonds. The highest BCUT2D eigenvalue weighted by Crippen LogP contribution is 2.11. The number of nitrogens with zero attached hydrogens (tertiary/aromatic N) is 1. The maximum absolute atomic E-state index is 13.2. The Hall–Kier alpha value is -5.59. The molecule has 0 saturated carbocycles. The van der Waals surface area contributed by atoms with Gasteiger partial charge in [0.25, 0.3) is 11.8 Å². The van der Waals surface area contributed by atoms with E-state index in [2.05, 4.69) is 26.3 Å². The SMILES string of the molecule is CC(C)[C@H](NC(=O)c1cccc(C(=O)N[C@H](C(=O)N[C@@H](Cc2ccccc2)C(=O)O)C(C)C)n1)C(=O)N[C@@H](Cc1ccccc1)C(=O)O. The van der Waals surface area contributed by atoms with Crippen LogP contribution in [-0.4, -0.2) is 74.9 Å². The predicted molar refractivity (Wildman–Crippen MR) is 176 cm³/mol. The average Bonchev–Trinajstić information content (AvgIpc) is 3.05. The fourth-order valence-electron chi connectivity index (χ4n) is 4.81. The van der Waals surface area contributed by atoms with Crippen LogP contribution in [0, 0.1) is 11.8 Å². The number of rotatable bonds is 16. The number of carboxylic acid groups (broad SMARTS) is 2. The van der Waals surface area contributed by atoms with Crippen LogP contribution >= 0.6 is 0 Å².